The molecule has 0 aromatic heterocycles. The second-order valence-electron chi connectivity index (χ2n) is 4.43. The van der Waals surface area contributed by atoms with E-state index < -0.39 is 0 Å². The molecule has 14 heavy (non-hydrogen) atoms. The van der Waals surface area contributed by atoms with Gasteiger partial charge in [-0.2, -0.15) is 11.8 Å². The summed E-state index contributed by atoms with van der Waals surface area (Å²) in [6.45, 7) is 0. The number of hydrogen-bond acceptors (Lipinski definition) is 2. The lowest BCUT2D eigenvalue weighted by Crippen LogP contribution is -2.32. The molecule has 1 saturated carbocycles. The van der Waals surface area contributed by atoms with Crippen LogP contribution in [0.4, 0.5) is 0 Å². The summed E-state index contributed by atoms with van der Waals surface area (Å²) in [5.74, 6) is 2.29. The Balaban J connectivity index is 2.28. The Bertz CT molecular complexity index is 138. The topological polar surface area (TPSA) is 12.0 Å². The Labute approximate surface area is 93.4 Å². The number of hydrogen-bond donors (Lipinski definition) is 1. The standard InChI is InChI=1S/C12H25NS/c1-13-12-9-5-3-4-7-11(12)8-6-10-14-2/h11-13H,3-10H2,1-2H3. The zero-order valence-corrected chi connectivity index (χ0v) is 10.5. The highest BCUT2D eigenvalue weighted by atomic mass is 32.2. The third kappa shape index (κ3) is 4.22. The van der Waals surface area contributed by atoms with Gasteiger partial charge in [-0.25, -0.2) is 0 Å². The molecule has 0 radical (unpaired) electrons. The first-order valence-corrected chi connectivity index (χ1v) is 7.44. The van der Waals surface area contributed by atoms with Gasteiger partial charge in [0.1, 0.15) is 0 Å². The normalized spacial score (nSPS) is 28.7. The molecule has 0 bridgehead atoms. The molecule has 0 saturated heterocycles. The Morgan fingerprint density at radius 1 is 1.21 bits per heavy atom. The highest BCUT2D eigenvalue weighted by Gasteiger charge is 2.21. The fourth-order valence-corrected chi connectivity index (χ4v) is 3.06. The van der Waals surface area contributed by atoms with Crippen LogP contribution in [0, 0.1) is 5.92 Å². The second-order valence-corrected chi connectivity index (χ2v) is 5.41. The molecule has 1 rings (SSSR count). The summed E-state index contributed by atoms with van der Waals surface area (Å²) in [6.07, 6.45) is 12.3. The first-order valence-electron chi connectivity index (χ1n) is 6.04. The highest BCUT2D eigenvalue weighted by Crippen LogP contribution is 2.27. The van der Waals surface area contributed by atoms with Crippen molar-refractivity contribution in [2.45, 2.75) is 51.0 Å². The average Bonchev–Trinajstić information content (AvgIpc) is 2.43. The van der Waals surface area contributed by atoms with Gasteiger partial charge in [-0.1, -0.05) is 19.3 Å². The Kier molecular flexibility index (Phi) is 6.70. The molecule has 84 valence electrons. The molecule has 0 heterocycles. The maximum Gasteiger partial charge on any atom is 0.00923 e. The maximum absolute atomic E-state index is 3.51. The van der Waals surface area contributed by atoms with Gasteiger partial charge < -0.3 is 5.32 Å². The van der Waals surface area contributed by atoms with E-state index in [-0.39, 0.29) is 0 Å². The zero-order valence-electron chi connectivity index (χ0n) is 9.72. The van der Waals surface area contributed by atoms with Crippen molar-refractivity contribution in [3.63, 3.8) is 0 Å². The van der Waals surface area contributed by atoms with Gasteiger partial charge in [-0.3, -0.25) is 0 Å². The average molecular weight is 215 g/mol. The van der Waals surface area contributed by atoms with E-state index in [0.717, 1.165) is 12.0 Å². The monoisotopic (exact) mass is 215 g/mol. The van der Waals surface area contributed by atoms with Gasteiger partial charge in [0, 0.05) is 6.04 Å². The molecule has 0 aromatic carbocycles. The molecule has 1 nitrogen and oxygen atoms in total. The van der Waals surface area contributed by atoms with E-state index in [9.17, 15) is 0 Å². The summed E-state index contributed by atoms with van der Waals surface area (Å²) in [5.41, 5.74) is 0. The first kappa shape index (κ1) is 12.4. The van der Waals surface area contributed by atoms with Crippen LogP contribution in [0.3, 0.4) is 0 Å². The molecule has 1 aliphatic rings. The minimum absolute atomic E-state index is 0.805. The SMILES string of the molecule is CNC1CCCCCC1CCCSC. The summed E-state index contributed by atoms with van der Waals surface area (Å²) in [4.78, 5) is 0. The van der Waals surface area contributed by atoms with Crippen LogP contribution in [0.15, 0.2) is 0 Å². The van der Waals surface area contributed by atoms with E-state index >= 15 is 0 Å². The Hall–Kier alpha value is 0.310. The predicted octanol–water partition coefficient (Wildman–Crippen LogP) is 3.30. The van der Waals surface area contributed by atoms with Crippen molar-refractivity contribution in [3.8, 4) is 0 Å². The van der Waals surface area contributed by atoms with Gasteiger partial charge in [0.15, 0.2) is 0 Å². The van der Waals surface area contributed by atoms with Crippen LogP contribution in [0.1, 0.15) is 44.9 Å². The largest absolute Gasteiger partial charge is 0.317 e. The van der Waals surface area contributed by atoms with Crippen molar-refractivity contribution in [2.75, 3.05) is 19.1 Å². The third-order valence-corrected chi connectivity index (χ3v) is 4.15. The molecule has 0 aromatic rings. The van der Waals surface area contributed by atoms with Crippen LogP contribution in [0.2, 0.25) is 0 Å². The van der Waals surface area contributed by atoms with Gasteiger partial charge >= 0.3 is 0 Å². The molecule has 2 heteroatoms. The van der Waals surface area contributed by atoms with Gasteiger partial charge in [-0.05, 0) is 50.7 Å². The molecule has 1 N–H and O–H groups in total. The van der Waals surface area contributed by atoms with Crippen LogP contribution in [0.5, 0.6) is 0 Å². The summed E-state index contributed by atoms with van der Waals surface area (Å²) in [6, 6.07) is 0.805. The van der Waals surface area contributed by atoms with Crippen molar-refractivity contribution in [1.82, 2.24) is 5.32 Å². The smallest absolute Gasteiger partial charge is 0.00923 e. The third-order valence-electron chi connectivity index (χ3n) is 3.45. The summed E-state index contributed by atoms with van der Waals surface area (Å²) in [5, 5.41) is 3.51. The van der Waals surface area contributed by atoms with Crippen LogP contribution in [-0.4, -0.2) is 25.1 Å². The fraction of sp³-hybridized carbons (Fsp3) is 1.00. The number of rotatable bonds is 5. The highest BCUT2D eigenvalue weighted by molar-refractivity contribution is 7.98. The second kappa shape index (κ2) is 7.58. The summed E-state index contributed by atoms with van der Waals surface area (Å²) >= 11 is 1.98. The van der Waals surface area contributed by atoms with E-state index in [1.54, 1.807) is 0 Å². The number of thioether (sulfide) groups is 1. The van der Waals surface area contributed by atoms with Crippen LogP contribution in [-0.2, 0) is 0 Å². The molecule has 1 fully saturated rings. The first-order chi connectivity index (χ1) is 6.88. The number of nitrogens with one attached hydrogen (secondary N) is 1. The van der Waals surface area contributed by atoms with Crippen molar-refractivity contribution in [3.05, 3.63) is 0 Å². The molecule has 0 amide bonds. The van der Waals surface area contributed by atoms with E-state index in [0.29, 0.717) is 0 Å². The van der Waals surface area contributed by atoms with Crippen LogP contribution >= 0.6 is 11.8 Å². The van der Waals surface area contributed by atoms with E-state index in [2.05, 4.69) is 18.6 Å². The fourth-order valence-electron chi connectivity index (χ4n) is 2.60. The van der Waals surface area contributed by atoms with Crippen molar-refractivity contribution < 1.29 is 0 Å². The molecule has 1 aliphatic carbocycles. The maximum atomic E-state index is 3.51. The van der Waals surface area contributed by atoms with E-state index in [4.69, 9.17) is 0 Å². The van der Waals surface area contributed by atoms with Crippen molar-refractivity contribution in [1.29, 1.82) is 0 Å². The predicted molar refractivity (Wildman–Crippen MR) is 67.0 cm³/mol. The minimum Gasteiger partial charge on any atom is -0.317 e. The lowest BCUT2D eigenvalue weighted by atomic mass is 9.91. The molecular formula is C12H25NS. The van der Waals surface area contributed by atoms with Crippen LogP contribution in [0.25, 0.3) is 0 Å². The van der Waals surface area contributed by atoms with E-state index in [1.165, 1.54) is 50.7 Å². The minimum atomic E-state index is 0.805. The summed E-state index contributed by atoms with van der Waals surface area (Å²) < 4.78 is 0. The molecule has 0 spiro atoms. The van der Waals surface area contributed by atoms with Gasteiger partial charge in [-0.15, -0.1) is 0 Å². The van der Waals surface area contributed by atoms with Gasteiger partial charge in [0.2, 0.25) is 0 Å². The van der Waals surface area contributed by atoms with Crippen LogP contribution < -0.4 is 5.32 Å². The summed E-state index contributed by atoms with van der Waals surface area (Å²) in [7, 11) is 2.14. The Morgan fingerprint density at radius 2 is 2.00 bits per heavy atom. The van der Waals surface area contributed by atoms with E-state index in [1.807, 2.05) is 11.8 Å². The molecular weight excluding hydrogens is 190 g/mol. The molecule has 0 aliphatic heterocycles. The lowest BCUT2D eigenvalue weighted by molar-refractivity contribution is 0.330. The van der Waals surface area contributed by atoms with Gasteiger partial charge in [0.25, 0.3) is 0 Å². The lowest BCUT2D eigenvalue weighted by Gasteiger charge is -2.24. The van der Waals surface area contributed by atoms with Gasteiger partial charge in [0.05, 0.1) is 0 Å². The Morgan fingerprint density at radius 3 is 2.71 bits per heavy atom. The molecule has 2 unspecified atom stereocenters. The van der Waals surface area contributed by atoms with Crippen molar-refractivity contribution in [2.24, 2.45) is 5.92 Å². The quantitative estimate of drug-likeness (QED) is 0.558. The molecule has 2 atom stereocenters. The zero-order chi connectivity index (χ0) is 10.2. The van der Waals surface area contributed by atoms with Crippen molar-refractivity contribution >= 4 is 11.8 Å².